The van der Waals surface area contributed by atoms with E-state index in [9.17, 15) is 4.79 Å². The lowest BCUT2D eigenvalue weighted by molar-refractivity contribution is 0.0826. The summed E-state index contributed by atoms with van der Waals surface area (Å²) >= 11 is 0. The molecule has 3 rings (SSSR count). The van der Waals surface area contributed by atoms with Crippen molar-refractivity contribution in [1.82, 2.24) is 14.3 Å². The smallest absolute Gasteiger partial charge is 0.255 e. The third-order valence-corrected chi connectivity index (χ3v) is 4.60. The highest BCUT2D eigenvalue weighted by molar-refractivity contribution is 5.98. The minimum Gasteiger partial charge on any atom is -0.395 e. The maximum atomic E-state index is 12.7. The number of nitrogen functional groups attached to an aromatic ring is 1. The summed E-state index contributed by atoms with van der Waals surface area (Å²) in [6, 6.07) is 10.1. The minimum absolute atomic E-state index is 0.0625. The van der Waals surface area contributed by atoms with Crippen LogP contribution in [-0.2, 0) is 6.42 Å². The summed E-state index contributed by atoms with van der Waals surface area (Å²) in [5, 5.41) is 0. The molecule has 2 aromatic heterocycles. The lowest BCUT2D eigenvalue weighted by Crippen LogP contribution is -2.24. The van der Waals surface area contributed by atoms with Crippen LogP contribution in [0.25, 0.3) is 11.7 Å². The van der Waals surface area contributed by atoms with Gasteiger partial charge in [0.15, 0.2) is 5.65 Å². The standard InChI is InChI=1S/C21H24N4O/c1-14-15(2)25-13-18(21(26)24(3)4)17(19(22)20(25)23-14)12-8-11-16-9-6-5-7-10-16/h5-11,13H,12,22H2,1-4H3/b11-8+. The zero-order valence-corrected chi connectivity index (χ0v) is 15.7. The van der Waals surface area contributed by atoms with E-state index in [1.807, 2.05) is 66.9 Å². The molecule has 0 fully saturated rings. The fourth-order valence-corrected chi connectivity index (χ4v) is 2.98. The number of benzene rings is 1. The van der Waals surface area contributed by atoms with Crippen molar-refractivity contribution in [3.63, 3.8) is 0 Å². The average Bonchev–Trinajstić information content (AvgIpc) is 2.92. The number of fused-ring (bicyclic) bond motifs is 1. The van der Waals surface area contributed by atoms with E-state index >= 15 is 0 Å². The van der Waals surface area contributed by atoms with Crippen LogP contribution in [0.5, 0.6) is 0 Å². The molecule has 2 N–H and O–H groups in total. The van der Waals surface area contributed by atoms with Crippen LogP contribution in [0.1, 0.15) is 32.9 Å². The molecule has 2 heterocycles. The van der Waals surface area contributed by atoms with Crippen molar-refractivity contribution < 1.29 is 4.79 Å². The van der Waals surface area contributed by atoms with Gasteiger partial charge in [-0.2, -0.15) is 0 Å². The summed E-state index contributed by atoms with van der Waals surface area (Å²) in [6.45, 7) is 3.93. The van der Waals surface area contributed by atoms with Gasteiger partial charge in [-0.3, -0.25) is 4.79 Å². The number of amides is 1. The molecule has 0 aliphatic rings. The summed E-state index contributed by atoms with van der Waals surface area (Å²) in [4.78, 5) is 18.9. The molecule has 3 aromatic rings. The number of nitrogens with zero attached hydrogens (tertiary/aromatic N) is 3. The Morgan fingerprint density at radius 3 is 2.58 bits per heavy atom. The summed E-state index contributed by atoms with van der Waals surface area (Å²) in [5.74, 6) is -0.0625. The van der Waals surface area contributed by atoms with E-state index in [2.05, 4.69) is 4.98 Å². The third kappa shape index (κ3) is 3.20. The fraction of sp³-hybridized carbons (Fsp3) is 0.238. The zero-order chi connectivity index (χ0) is 18.8. The second kappa shape index (κ2) is 7.04. The highest BCUT2D eigenvalue weighted by Crippen LogP contribution is 2.26. The first-order valence-corrected chi connectivity index (χ1v) is 8.60. The molecule has 1 amide bonds. The molecular weight excluding hydrogens is 324 g/mol. The van der Waals surface area contributed by atoms with Crippen LogP contribution >= 0.6 is 0 Å². The van der Waals surface area contributed by atoms with Crippen molar-refractivity contribution in [2.75, 3.05) is 19.8 Å². The van der Waals surface area contributed by atoms with Crippen LogP contribution in [0.2, 0.25) is 0 Å². The number of aryl methyl sites for hydroxylation is 2. The second-order valence-corrected chi connectivity index (χ2v) is 6.63. The molecular formula is C21H24N4O. The fourth-order valence-electron chi connectivity index (χ4n) is 2.98. The normalized spacial score (nSPS) is 11.4. The van der Waals surface area contributed by atoms with Gasteiger partial charge in [-0.25, -0.2) is 4.98 Å². The van der Waals surface area contributed by atoms with Crippen LogP contribution < -0.4 is 5.73 Å². The topological polar surface area (TPSA) is 63.6 Å². The maximum absolute atomic E-state index is 12.7. The molecule has 0 unspecified atom stereocenters. The first-order chi connectivity index (χ1) is 12.4. The van der Waals surface area contributed by atoms with Crippen molar-refractivity contribution in [3.8, 4) is 0 Å². The lowest BCUT2D eigenvalue weighted by Gasteiger charge is -2.16. The number of hydrogen-bond donors (Lipinski definition) is 1. The van der Waals surface area contributed by atoms with E-state index in [4.69, 9.17) is 5.73 Å². The van der Waals surface area contributed by atoms with Crippen molar-refractivity contribution in [3.05, 3.63) is 70.7 Å². The third-order valence-electron chi connectivity index (χ3n) is 4.60. The van der Waals surface area contributed by atoms with Gasteiger partial charge in [0.1, 0.15) is 0 Å². The number of carbonyl (C=O) groups is 1. The molecule has 5 nitrogen and oxygen atoms in total. The summed E-state index contributed by atoms with van der Waals surface area (Å²) in [6.07, 6.45) is 6.49. The van der Waals surface area contributed by atoms with Crippen LogP contribution in [0.3, 0.4) is 0 Å². The zero-order valence-electron chi connectivity index (χ0n) is 15.7. The summed E-state index contributed by atoms with van der Waals surface area (Å²) in [7, 11) is 3.50. The lowest BCUT2D eigenvalue weighted by atomic mass is 10.0. The van der Waals surface area contributed by atoms with E-state index in [-0.39, 0.29) is 5.91 Å². The Hall–Kier alpha value is -3.08. The number of imidazole rings is 1. The second-order valence-electron chi connectivity index (χ2n) is 6.63. The van der Waals surface area contributed by atoms with E-state index in [1.165, 1.54) is 0 Å². The highest BCUT2D eigenvalue weighted by atomic mass is 16.2. The number of pyridine rings is 1. The van der Waals surface area contributed by atoms with Gasteiger partial charge in [0.05, 0.1) is 16.9 Å². The van der Waals surface area contributed by atoms with Gasteiger partial charge in [-0.15, -0.1) is 0 Å². The van der Waals surface area contributed by atoms with E-state index in [0.29, 0.717) is 23.3 Å². The number of carbonyl (C=O) groups excluding carboxylic acids is 1. The van der Waals surface area contributed by atoms with Gasteiger partial charge in [-0.1, -0.05) is 42.5 Å². The van der Waals surface area contributed by atoms with Gasteiger partial charge in [0.2, 0.25) is 0 Å². The molecule has 26 heavy (non-hydrogen) atoms. The van der Waals surface area contributed by atoms with Gasteiger partial charge in [0.25, 0.3) is 5.91 Å². The molecule has 1 aromatic carbocycles. The molecule has 0 bridgehead atoms. The number of hydrogen-bond acceptors (Lipinski definition) is 3. The largest absolute Gasteiger partial charge is 0.395 e. The van der Waals surface area contributed by atoms with Crippen molar-refractivity contribution in [1.29, 1.82) is 0 Å². The van der Waals surface area contributed by atoms with Crippen LogP contribution in [0, 0.1) is 13.8 Å². The Balaban J connectivity index is 2.09. The number of aromatic nitrogens is 2. The van der Waals surface area contributed by atoms with Crippen LogP contribution in [-0.4, -0.2) is 34.3 Å². The molecule has 0 aliphatic carbocycles. The van der Waals surface area contributed by atoms with E-state index in [1.54, 1.807) is 19.0 Å². The first-order valence-electron chi connectivity index (χ1n) is 8.60. The molecule has 5 heteroatoms. The van der Waals surface area contributed by atoms with Gasteiger partial charge < -0.3 is 15.0 Å². The summed E-state index contributed by atoms with van der Waals surface area (Å²) < 4.78 is 1.91. The number of anilines is 1. The predicted molar refractivity (Wildman–Crippen MR) is 106 cm³/mol. The monoisotopic (exact) mass is 348 g/mol. The van der Waals surface area contributed by atoms with Crippen molar-refractivity contribution in [2.24, 2.45) is 0 Å². The predicted octanol–water partition coefficient (Wildman–Crippen LogP) is 3.49. The molecule has 0 atom stereocenters. The first kappa shape index (κ1) is 17.7. The number of rotatable bonds is 4. The van der Waals surface area contributed by atoms with Crippen LogP contribution in [0.15, 0.2) is 42.6 Å². The molecule has 0 saturated carbocycles. The highest BCUT2D eigenvalue weighted by Gasteiger charge is 2.20. The average molecular weight is 348 g/mol. The molecule has 0 spiro atoms. The van der Waals surface area contributed by atoms with Crippen molar-refractivity contribution >= 4 is 23.3 Å². The van der Waals surface area contributed by atoms with Gasteiger partial charge >= 0.3 is 0 Å². The van der Waals surface area contributed by atoms with Crippen molar-refractivity contribution in [2.45, 2.75) is 20.3 Å². The minimum atomic E-state index is -0.0625. The quantitative estimate of drug-likeness (QED) is 0.785. The maximum Gasteiger partial charge on any atom is 0.255 e. The van der Waals surface area contributed by atoms with Gasteiger partial charge in [0, 0.05) is 26.0 Å². The Morgan fingerprint density at radius 1 is 1.23 bits per heavy atom. The molecule has 0 saturated heterocycles. The van der Waals surface area contributed by atoms with Gasteiger partial charge in [-0.05, 0) is 31.4 Å². The van der Waals surface area contributed by atoms with E-state index < -0.39 is 0 Å². The Labute approximate surface area is 153 Å². The summed E-state index contributed by atoms with van der Waals surface area (Å²) in [5.41, 5.74) is 12.1. The molecule has 134 valence electrons. The molecule has 0 aliphatic heterocycles. The SMILES string of the molecule is Cc1nc2c(N)c(C/C=C/c3ccccc3)c(C(=O)N(C)C)cn2c1C. The number of allylic oxidation sites excluding steroid dienone is 1. The van der Waals surface area contributed by atoms with E-state index in [0.717, 1.165) is 22.5 Å². The Morgan fingerprint density at radius 2 is 1.92 bits per heavy atom. The molecule has 0 radical (unpaired) electrons. The number of nitrogens with two attached hydrogens (primary N) is 1. The Bertz CT molecular complexity index is 984. The Kier molecular flexibility index (Phi) is 4.80. The van der Waals surface area contributed by atoms with Crippen LogP contribution in [0.4, 0.5) is 5.69 Å².